The Hall–Kier alpha value is -1.94. The highest BCUT2D eigenvalue weighted by Gasteiger charge is 2.62. The van der Waals surface area contributed by atoms with Gasteiger partial charge in [-0.1, -0.05) is 49.7 Å². The minimum absolute atomic E-state index is 0.163. The number of rotatable bonds is 5. The summed E-state index contributed by atoms with van der Waals surface area (Å²) in [5.74, 6) is -1.33. The molecule has 0 aromatic heterocycles. The number of carbonyl (C=O) groups is 1. The maximum absolute atomic E-state index is 14.3. The Labute approximate surface area is 151 Å². The zero-order chi connectivity index (χ0) is 18.2. The molecule has 0 heterocycles. The summed E-state index contributed by atoms with van der Waals surface area (Å²) in [7, 11) is 0. The maximum Gasteiger partial charge on any atom is 0.224 e. The standard InChI is InChI=1S/C20H20ClF2NO/c1-19(2)11-20(19,15-8-7-14(22)10-17(15)23)12-24-18(25)9-13-5-3-4-6-16(13)21/h3-8,10H,9,11-12H2,1-2H3,(H,24,25). The van der Waals surface area contributed by atoms with Crippen molar-refractivity contribution in [1.82, 2.24) is 5.32 Å². The highest BCUT2D eigenvalue weighted by Crippen LogP contribution is 2.64. The molecule has 2 aromatic carbocycles. The van der Waals surface area contributed by atoms with Crippen molar-refractivity contribution in [1.29, 1.82) is 0 Å². The minimum Gasteiger partial charge on any atom is -0.355 e. The largest absolute Gasteiger partial charge is 0.355 e. The fraction of sp³-hybridized carbons (Fsp3) is 0.350. The van der Waals surface area contributed by atoms with Crippen LogP contribution in [0.15, 0.2) is 42.5 Å². The Morgan fingerprint density at radius 2 is 1.88 bits per heavy atom. The Morgan fingerprint density at radius 3 is 2.48 bits per heavy atom. The molecule has 0 spiro atoms. The van der Waals surface area contributed by atoms with Gasteiger partial charge in [0.2, 0.25) is 5.91 Å². The molecule has 5 heteroatoms. The third-order valence-electron chi connectivity index (χ3n) is 5.26. The van der Waals surface area contributed by atoms with Crippen LogP contribution < -0.4 is 5.32 Å². The maximum atomic E-state index is 14.3. The summed E-state index contributed by atoms with van der Waals surface area (Å²) in [5, 5.41) is 3.44. The van der Waals surface area contributed by atoms with E-state index in [1.54, 1.807) is 12.1 Å². The second kappa shape index (κ2) is 6.41. The summed E-state index contributed by atoms with van der Waals surface area (Å²) in [6, 6.07) is 10.8. The third-order valence-corrected chi connectivity index (χ3v) is 5.63. The van der Waals surface area contributed by atoms with Crippen molar-refractivity contribution in [2.75, 3.05) is 6.54 Å². The van der Waals surface area contributed by atoms with Crippen LogP contribution in [0.3, 0.4) is 0 Å². The van der Waals surface area contributed by atoms with Gasteiger partial charge >= 0.3 is 0 Å². The van der Waals surface area contributed by atoms with E-state index in [0.717, 1.165) is 18.1 Å². The molecule has 1 aliphatic carbocycles. The van der Waals surface area contributed by atoms with E-state index in [-0.39, 0.29) is 17.7 Å². The lowest BCUT2D eigenvalue weighted by Crippen LogP contribution is -2.36. The summed E-state index contributed by atoms with van der Waals surface area (Å²) < 4.78 is 27.5. The van der Waals surface area contributed by atoms with Gasteiger partial charge in [-0.05, 0) is 35.1 Å². The molecule has 1 amide bonds. The number of halogens is 3. The van der Waals surface area contributed by atoms with E-state index in [2.05, 4.69) is 5.32 Å². The summed E-state index contributed by atoms with van der Waals surface area (Å²) in [5.41, 5.74) is 0.528. The number of hydrogen-bond acceptors (Lipinski definition) is 1. The monoisotopic (exact) mass is 363 g/mol. The van der Waals surface area contributed by atoms with Crippen molar-refractivity contribution in [2.24, 2.45) is 5.41 Å². The molecule has 1 saturated carbocycles. The van der Waals surface area contributed by atoms with Crippen molar-refractivity contribution in [3.05, 3.63) is 70.2 Å². The van der Waals surface area contributed by atoms with Crippen LogP contribution >= 0.6 is 11.6 Å². The van der Waals surface area contributed by atoms with Crippen LogP contribution in [0.1, 0.15) is 31.4 Å². The van der Waals surface area contributed by atoms with Crippen LogP contribution in [0.2, 0.25) is 5.02 Å². The van der Waals surface area contributed by atoms with Gasteiger partial charge in [0.15, 0.2) is 0 Å². The van der Waals surface area contributed by atoms with Gasteiger partial charge in [0, 0.05) is 23.0 Å². The van der Waals surface area contributed by atoms with Crippen LogP contribution in [0.25, 0.3) is 0 Å². The average Bonchev–Trinajstić information content (AvgIpc) is 3.10. The number of carbonyl (C=O) groups excluding carboxylic acids is 1. The van der Waals surface area contributed by atoms with E-state index in [9.17, 15) is 13.6 Å². The van der Waals surface area contributed by atoms with E-state index in [0.29, 0.717) is 17.1 Å². The SMILES string of the molecule is CC1(C)CC1(CNC(=O)Cc1ccccc1Cl)c1ccc(F)cc1F. The van der Waals surface area contributed by atoms with E-state index >= 15 is 0 Å². The number of amides is 1. The first-order chi connectivity index (χ1) is 11.7. The highest BCUT2D eigenvalue weighted by molar-refractivity contribution is 6.31. The minimum atomic E-state index is -0.599. The molecule has 25 heavy (non-hydrogen) atoms. The zero-order valence-electron chi connectivity index (χ0n) is 14.2. The van der Waals surface area contributed by atoms with Gasteiger partial charge in [0.1, 0.15) is 11.6 Å². The molecule has 1 atom stereocenters. The van der Waals surface area contributed by atoms with Crippen LogP contribution in [0.5, 0.6) is 0 Å². The molecule has 1 aliphatic rings. The van der Waals surface area contributed by atoms with Crippen molar-refractivity contribution >= 4 is 17.5 Å². The molecule has 0 aliphatic heterocycles. The van der Waals surface area contributed by atoms with E-state index < -0.39 is 17.0 Å². The predicted octanol–water partition coefficient (Wildman–Crippen LogP) is 4.64. The lowest BCUT2D eigenvalue weighted by Gasteiger charge is -2.22. The zero-order valence-corrected chi connectivity index (χ0v) is 15.0. The molecule has 0 bridgehead atoms. The first-order valence-electron chi connectivity index (χ1n) is 8.21. The molecule has 2 aromatic rings. The molecule has 1 fully saturated rings. The Kier molecular flexibility index (Phi) is 4.58. The van der Waals surface area contributed by atoms with Crippen LogP contribution in [-0.2, 0) is 16.6 Å². The molecule has 0 radical (unpaired) electrons. The predicted molar refractivity (Wildman–Crippen MR) is 94.6 cm³/mol. The summed E-state index contributed by atoms with van der Waals surface area (Å²) in [4.78, 5) is 12.3. The van der Waals surface area contributed by atoms with Gasteiger partial charge in [-0.15, -0.1) is 0 Å². The number of benzene rings is 2. The van der Waals surface area contributed by atoms with Crippen molar-refractivity contribution < 1.29 is 13.6 Å². The second-order valence-corrected chi connectivity index (χ2v) is 7.72. The van der Waals surface area contributed by atoms with Gasteiger partial charge in [-0.25, -0.2) is 8.78 Å². The van der Waals surface area contributed by atoms with Crippen molar-refractivity contribution in [2.45, 2.75) is 32.1 Å². The van der Waals surface area contributed by atoms with Gasteiger partial charge < -0.3 is 5.32 Å². The number of nitrogens with one attached hydrogen (secondary N) is 1. The summed E-state index contributed by atoms with van der Waals surface area (Å²) in [6.07, 6.45) is 0.900. The van der Waals surface area contributed by atoms with Gasteiger partial charge in [0.05, 0.1) is 6.42 Å². The third kappa shape index (κ3) is 3.40. The normalized spacial score (nSPS) is 21.0. The van der Waals surface area contributed by atoms with Crippen LogP contribution in [0, 0.1) is 17.0 Å². The number of hydrogen-bond donors (Lipinski definition) is 1. The smallest absolute Gasteiger partial charge is 0.224 e. The van der Waals surface area contributed by atoms with Crippen LogP contribution in [-0.4, -0.2) is 12.5 Å². The molecular weight excluding hydrogens is 344 g/mol. The Bertz CT molecular complexity index is 821. The molecule has 2 nitrogen and oxygen atoms in total. The average molecular weight is 364 g/mol. The van der Waals surface area contributed by atoms with Crippen molar-refractivity contribution in [3.8, 4) is 0 Å². The molecule has 0 saturated heterocycles. The first kappa shape index (κ1) is 17.9. The molecule has 1 unspecified atom stereocenters. The summed E-state index contributed by atoms with van der Waals surface area (Å²) in [6.45, 7) is 4.36. The molecule has 1 N–H and O–H groups in total. The van der Waals surface area contributed by atoms with Gasteiger partial charge in [-0.2, -0.15) is 0 Å². The molecule has 132 valence electrons. The van der Waals surface area contributed by atoms with E-state index in [4.69, 9.17) is 11.6 Å². The van der Waals surface area contributed by atoms with E-state index in [1.807, 2.05) is 26.0 Å². The second-order valence-electron chi connectivity index (χ2n) is 7.31. The highest BCUT2D eigenvalue weighted by atomic mass is 35.5. The molecular formula is C20H20ClF2NO. The first-order valence-corrected chi connectivity index (χ1v) is 8.59. The topological polar surface area (TPSA) is 29.1 Å². The fourth-order valence-corrected chi connectivity index (χ4v) is 3.77. The Balaban J connectivity index is 1.73. The Morgan fingerprint density at radius 1 is 1.20 bits per heavy atom. The summed E-state index contributed by atoms with van der Waals surface area (Å²) >= 11 is 6.08. The quantitative estimate of drug-likeness (QED) is 0.823. The fourth-order valence-electron chi connectivity index (χ4n) is 3.57. The van der Waals surface area contributed by atoms with Crippen LogP contribution in [0.4, 0.5) is 8.78 Å². The lowest BCUT2D eigenvalue weighted by molar-refractivity contribution is -0.120. The van der Waals surface area contributed by atoms with Gasteiger partial charge in [-0.3, -0.25) is 4.79 Å². The van der Waals surface area contributed by atoms with Gasteiger partial charge in [0.25, 0.3) is 0 Å². The lowest BCUT2D eigenvalue weighted by atomic mass is 9.87. The van der Waals surface area contributed by atoms with E-state index in [1.165, 1.54) is 12.1 Å². The molecule has 3 rings (SSSR count). The van der Waals surface area contributed by atoms with Crippen molar-refractivity contribution in [3.63, 3.8) is 0 Å².